The minimum atomic E-state index is -1.67. The van der Waals surface area contributed by atoms with Crippen LogP contribution in [-0.4, -0.2) is 42.4 Å². The summed E-state index contributed by atoms with van der Waals surface area (Å²) in [5.74, 6) is -2.38. The number of fused-ring (bicyclic) bond motifs is 3. The highest BCUT2D eigenvalue weighted by Crippen LogP contribution is 2.44. The fourth-order valence-electron chi connectivity index (χ4n) is 4.76. The Kier molecular flexibility index (Phi) is 10.8. The van der Waals surface area contributed by atoms with Crippen LogP contribution in [0.2, 0.25) is 0 Å². The Bertz CT molecular complexity index is 914. The summed E-state index contributed by atoms with van der Waals surface area (Å²) in [6.07, 6.45) is 8.72. The van der Waals surface area contributed by atoms with E-state index >= 15 is 0 Å². The summed E-state index contributed by atoms with van der Waals surface area (Å²) in [6, 6.07) is 15.7. The molecular weight excluding hydrogens is 442 g/mol. The second-order valence-electron chi connectivity index (χ2n) is 9.43. The molecule has 0 bridgehead atoms. The second kappa shape index (κ2) is 14.0. The summed E-state index contributed by atoms with van der Waals surface area (Å²) >= 11 is 0. The molecule has 0 fully saturated rings. The predicted molar refractivity (Wildman–Crippen MR) is 137 cm³/mol. The van der Waals surface area contributed by atoms with Crippen LogP contribution in [0.5, 0.6) is 0 Å². The van der Waals surface area contributed by atoms with Gasteiger partial charge in [0.25, 0.3) is 6.10 Å². The van der Waals surface area contributed by atoms with Crippen LogP contribution in [0.3, 0.4) is 0 Å². The average Bonchev–Trinajstić information content (AvgIpc) is 3.18. The zero-order chi connectivity index (χ0) is 25.0. The highest BCUT2D eigenvalue weighted by Gasteiger charge is 2.33. The summed E-state index contributed by atoms with van der Waals surface area (Å²) in [4.78, 5) is 24.3. The third-order valence-corrected chi connectivity index (χ3v) is 6.70. The first kappa shape index (κ1) is 26.9. The standard InChI is InChI=1S/C29H39NO5/c1-2-3-4-5-6-7-8-9-14-21(30)19-34-27(28(31)32)29(33)35-20-26-24-17-12-10-15-22(24)23-16-11-13-18-25(23)26/h10-13,15-18,21,26-27H,2-9,14,19-20,30H2,1H3,(H,31,32). The summed E-state index contributed by atoms with van der Waals surface area (Å²) in [5.41, 5.74) is 10.5. The molecule has 3 rings (SSSR count). The number of aliphatic carboxylic acids is 1. The Balaban J connectivity index is 1.44. The minimum absolute atomic E-state index is 0.0116. The molecule has 0 aromatic heterocycles. The Hall–Kier alpha value is -2.70. The lowest BCUT2D eigenvalue weighted by molar-refractivity contribution is -0.170. The van der Waals surface area contributed by atoms with Crippen molar-refractivity contribution in [3.8, 4) is 11.1 Å². The number of hydrogen-bond donors (Lipinski definition) is 2. The third-order valence-electron chi connectivity index (χ3n) is 6.70. The number of unbranched alkanes of at least 4 members (excludes halogenated alkanes) is 7. The van der Waals surface area contributed by atoms with E-state index in [2.05, 4.69) is 6.92 Å². The van der Waals surface area contributed by atoms with Gasteiger partial charge in [0.2, 0.25) is 0 Å². The van der Waals surface area contributed by atoms with Crippen molar-refractivity contribution >= 4 is 11.9 Å². The normalized spacial score (nSPS) is 14.2. The molecule has 3 N–H and O–H groups in total. The van der Waals surface area contributed by atoms with Crippen LogP contribution < -0.4 is 5.73 Å². The Morgan fingerprint density at radius 1 is 0.886 bits per heavy atom. The smallest absolute Gasteiger partial charge is 0.347 e. The van der Waals surface area contributed by atoms with Gasteiger partial charge in [-0.05, 0) is 28.7 Å². The van der Waals surface area contributed by atoms with E-state index in [1.807, 2.05) is 48.5 Å². The first-order chi connectivity index (χ1) is 17.0. The SMILES string of the molecule is CCCCCCCCCCC(N)COC(C(=O)O)C(=O)OCC1c2ccccc2-c2ccccc21. The van der Waals surface area contributed by atoms with Crippen molar-refractivity contribution in [1.82, 2.24) is 0 Å². The Labute approximate surface area is 208 Å². The van der Waals surface area contributed by atoms with Gasteiger partial charge in [0.05, 0.1) is 6.61 Å². The number of rotatable bonds is 16. The zero-order valence-corrected chi connectivity index (χ0v) is 20.8. The number of esters is 1. The van der Waals surface area contributed by atoms with E-state index in [4.69, 9.17) is 15.2 Å². The van der Waals surface area contributed by atoms with E-state index in [1.54, 1.807) is 0 Å². The maximum Gasteiger partial charge on any atom is 0.347 e. The first-order valence-corrected chi connectivity index (χ1v) is 13.0. The first-order valence-electron chi connectivity index (χ1n) is 13.0. The van der Waals surface area contributed by atoms with Crippen molar-refractivity contribution in [1.29, 1.82) is 0 Å². The van der Waals surface area contributed by atoms with Gasteiger partial charge in [0.1, 0.15) is 6.61 Å². The fraction of sp³-hybridized carbons (Fsp3) is 0.517. The van der Waals surface area contributed by atoms with Gasteiger partial charge in [-0.2, -0.15) is 0 Å². The fourth-order valence-corrected chi connectivity index (χ4v) is 4.76. The lowest BCUT2D eigenvalue weighted by Gasteiger charge is -2.19. The number of benzene rings is 2. The number of carbonyl (C=O) groups is 2. The molecule has 35 heavy (non-hydrogen) atoms. The van der Waals surface area contributed by atoms with Gasteiger partial charge in [-0.25, -0.2) is 9.59 Å². The number of carboxylic acid groups (broad SMARTS) is 1. The maximum atomic E-state index is 12.6. The molecule has 0 radical (unpaired) electrons. The molecule has 190 valence electrons. The van der Waals surface area contributed by atoms with E-state index in [0.29, 0.717) is 0 Å². The van der Waals surface area contributed by atoms with E-state index < -0.39 is 18.0 Å². The lowest BCUT2D eigenvalue weighted by Crippen LogP contribution is -2.39. The van der Waals surface area contributed by atoms with Gasteiger partial charge in [-0.15, -0.1) is 0 Å². The molecule has 2 aromatic carbocycles. The van der Waals surface area contributed by atoms with Crippen molar-refractivity contribution in [2.75, 3.05) is 13.2 Å². The minimum Gasteiger partial charge on any atom is -0.479 e. The summed E-state index contributed by atoms with van der Waals surface area (Å²) in [6.45, 7) is 2.29. The number of carbonyl (C=O) groups excluding carboxylic acids is 1. The molecule has 1 aliphatic carbocycles. The Morgan fingerprint density at radius 2 is 1.43 bits per heavy atom. The average molecular weight is 482 g/mol. The van der Waals surface area contributed by atoms with Crippen LogP contribution >= 0.6 is 0 Å². The van der Waals surface area contributed by atoms with E-state index in [1.165, 1.54) is 38.5 Å². The summed E-state index contributed by atoms with van der Waals surface area (Å²) in [5, 5.41) is 9.53. The highest BCUT2D eigenvalue weighted by molar-refractivity contribution is 5.97. The molecule has 0 amide bonds. The summed E-state index contributed by atoms with van der Waals surface area (Å²) < 4.78 is 10.9. The van der Waals surface area contributed by atoms with Crippen LogP contribution in [0, 0.1) is 0 Å². The Morgan fingerprint density at radius 3 is 2.00 bits per heavy atom. The number of ether oxygens (including phenoxy) is 2. The van der Waals surface area contributed by atoms with Crippen molar-refractivity contribution in [2.45, 2.75) is 82.8 Å². The topological polar surface area (TPSA) is 98.9 Å². The van der Waals surface area contributed by atoms with Gasteiger partial charge in [0.15, 0.2) is 0 Å². The van der Waals surface area contributed by atoms with E-state index in [-0.39, 0.29) is 25.2 Å². The van der Waals surface area contributed by atoms with Gasteiger partial charge < -0.3 is 20.3 Å². The molecule has 0 aliphatic heterocycles. The van der Waals surface area contributed by atoms with Crippen LogP contribution in [0.1, 0.15) is 81.8 Å². The monoisotopic (exact) mass is 481 g/mol. The molecule has 0 heterocycles. The quantitative estimate of drug-likeness (QED) is 0.182. The third kappa shape index (κ3) is 7.64. The second-order valence-corrected chi connectivity index (χ2v) is 9.43. The van der Waals surface area contributed by atoms with E-state index in [9.17, 15) is 14.7 Å². The molecule has 2 aromatic rings. The van der Waals surface area contributed by atoms with Crippen LogP contribution in [0.15, 0.2) is 48.5 Å². The van der Waals surface area contributed by atoms with Crippen LogP contribution in [0.25, 0.3) is 11.1 Å². The lowest BCUT2D eigenvalue weighted by atomic mass is 9.98. The molecule has 2 unspecified atom stereocenters. The van der Waals surface area contributed by atoms with Crippen molar-refractivity contribution in [3.05, 3.63) is 59.7 Å². The molecule has 6 nitrogen and oxygen atoms in total. The zero-order valence-electron chi connectivity index (χ0n) is 20.8. The largest absolute Gasteiger partial charge is 0.479 e. The van der Waals surface area contributed by atoms with Gasteiger partial charge >= 0.3 is 11.9 Å². The van der Waals surface area contributed by atoms with Gasteiger partial charge in [0, 0.05) is 12.0 Å². The maximum absolute atomic E-state index is 12.6. The number of hydrogen-bond acceptors (Lipinski definition) is 5. The molecule has 1 aliphatic rings. The van der Waals surface area contributed by atoms with Crippen molar-refractivity contribution in [2.24, 2.45) is 5.73 Å². The molecule has 0 saturated heterocycles. The molecule has 0 saturated carbocycles. The van der Waals surface area contributed by atoms with Gasteiger partial charge in [-0.1, -0.05) is 107 Å². The molecule has 6 heteroatoms. The molecule has 0 spiro atoms. The number of nitrogens with two attached hydrogens (primary N) is 1. The van der Waals surface area contributed by atoms with Crippen molar-refractivity contribution in [3.63, 3.8) is 0 Å². The highest BCUT2D eigenvalue weighted by atomic mass is 16.6. The predicted octanol–water partition coefficient (Wildman–Crippen LogP) is 5.67. The van der Waals surface area contributed by atoms with Crippen LogP contribution in [0.4, 0.5) is 0 Å². The van der Waals surface area contributed by atoms with E-state index in [0.717, 1.165) is 41.5 Å². The summed E-state index contributed by atoms with van der Waals surface area (Å²) in [7, 11) is 0. The van der Waals surface area contributed by atoms with Crippen LogP contribution in [-0.2, 0) is 19.1 Å². The molecule has 2 atom stereocenters. The number of carboxylic acids is 1. The van der Waals surface area contributed by atoms with Crippen molar-refractivity contribution < 1.29 is 24.2 Å². The van der Waals surface area contributed by atoms with Gasteiger partial charge in [-0.3, -0.25) is 0 Å². The molecular formula is C29H39NO5.